The maximum atomic E-state index is 8.92. The van der Waals surface area contributed by atoms with Crippen LogP contribution in [0.3, 0.4) is 0 Å². The molecule has 0 saturated heterocycles. The second-order valence-corrected chi connectivity index (χ2v) is 4.18. The van der Waals surface area contributed by atoms with E-state index >= 15 is 0 Å². The zero-order valence-corrected chi connectivity index (χ0v) is 10.6. The fourth-order valence-corrected chi connectivity index (χ4v) is 2.00. The fourth-order valence-electron chi connectivity index (χ4n) is 2.00. The number of hydrogen-bond donors (Lipinski definition) is 1. The van der Waals surface area contributed by atoms with Crippen molar-refractivity contribution in [1.29, 1.82) is 0 Å². The first-order chi connectivity index (χ1) is 8.76. The first kappa shape index (κ1) is 12.3. The summed E-state index contributed by atoms with van der Waals surface area (Å²) in [4.78, 5) is 4.23. The highest BCUT2D eigenvalue weighted by Gasteiger charge is 2.03. The molecule has 18 heavy (non-hydrogen) atoms. The van der Waals surface area contributed by atoms with Gasteiger partial charge in [-0.1, -0.05) is 36.3 Å². The molecule has 1 heterocycles. The minimum absolute atomic E-state index is 0.697. The summed E-state index contributed by atoms with van der Waals surface area (Å²) in [5, 5.41) is 14.5. The molecule has 0 saturated carbocycles. The summed E-state index contributed by atoms with van der Waals surface area (Å²) in [6, 6.07) is 8.11. The summed E-state index contributed by atoms with van der Waals surface area (Å²) in [6.07, 6.45) is 6.39. The van der Waals surface area contributed by atoms with E-state index in [-0.39, 0.29) is 0 Å². The summed E-state index contributed by atoms with van der Waals surface area (Å²) < 4.78 is 0. The molecule has 1 aromatic heterocycles. The van der Waals surface area contributed by atoms with E-state index < -0.39 is 0 Å². The van der Waals surface area contributed by atoms with Crippen LogP contribution < -0.4 is 0 Å². The minimum Gasteiger partial charge on any atom is -0.411 e. The number of hydrogen-bond acceptors (Lipinski definition) is 3. The van der Waals surface area contributed by atoms with Gasteiger partial charge in [-0.3, -0.25) is 4.98 Å². The zero-order chi connectivity index (χ0) is 13.0. The van der Waals surface area contributed by atoms with E-state index in [0.29, 0.717) is 12.1 Å². The predicted octanol–water partition coefficient (Wildman–Crippen LogP) is 3.88. The van der Waals surface area contributed by atoms with Crippen molar-refractivity contribution < 1.29 is 5.21 Å². The molecule has 3 heteroatoms. The molecule has 0 atom stereocenters. The molecule has 2 rings (SSSR count). The quantitative estimate of drug-likeness (QED) is 0.502. The van der Waals surface area contributed by atoms with Crippen molar-refractivity contribution >= 4 is 22.6 Å². The van der Waals surface area contributed by atoms with Crippen LogP contribution in [0.4, 0.5) is 0 Å². The molecule has 0 radical (unpaired) electrons. The lowest BCUT2D eigenvalue weighted by molar-refractivity contribution is 0.318. The van der Waals surface area contributed by atoms with Crippen LogP contribution in [0, 0.1) is 0 Å². The molecule has 0 aliphatic rings. The predicted molar refractivity (Wildman–Crippen MR) is 74.9 cm³/mol. The number of allylic oxidation sites excluding steroid dienone is 1. The van der Waals surface area contributed by atoms with Crippen molar-refractivity contribution in [2.24, 2.45) is 5.16 Å². The molecule has 1 aromatic carbocycles. The molecule has 1 N–H and O–H groups in total. The monoisotopic (exact) mass is 240 g/mol. The smallest absolute Gasteiger partial charge is 0.0822 e. The lowest BCUT2D eigenvalue weighted by Gasteiger charge is -2.04. The molecule has 0 unspecified atom stereocenters. The van der Waals surface area contributed by atoms with E-state index in [0.717, 1.165) is 21.9 Å². The average molecular weight is 240 g/mol. The average Bonchev–Trinajstić information content (AvgIpc) is 2.40. The highest BCUT2D eigenvalue weighted by atomic mass is 16.4. The van der Waals surface area contributed by atoms with E-state index in [4.69, 9.17) is 5.21 Å². The van der Waals surface area contributed by atoms with Gasteiger partial charge in [0.15, 0.2) is 0 Å². The summed E-state index contributed by atoms with van der Waals surface area (Å²) in [5.41, 5.74) is 2.70. The second-order valence-electron chi connectivity index (χ2n) is 4.18. The summed E-state index contributed by atoms with van der Waals surface area (Å²) >= 11 is 0. The molecule has 0 spiro atoms. The maximum absolute atomic E-state index is 8.92. The van der Waals surface area contributed by atoms with Crippen molar-refractivity contribution in [3.63, 3.8) is 0 Å². The van der Waals surface area contributed by atoms with Gasteiger partial charge < -0.3 is 5.21 Å². The number of fused-ring (bicyclic) bond motifs is 1. The van der Waals surface area contributed by atoms with Gasteiger partial charge in [-0.25, -0.2) is 0 Å². The Kier molecular flexibility index (Phi) is 3.72. The van der Waals surface area contributed by atoms with Crippen molar-refractivity contribution in [1.82, 2.24) is 4.98 Å². The summed E-state index contributed by atoms with van der Waals surface area (Å²) in [6.45, 7) is 3.91. The van der Waals surface area contributed by atoms with E-state index in [1.165, 1.54) is 0 Å². The molecule has 3 nitrogen and oxygen atoms in total. The Bertz CT molecular complexity index is 609. The number of oxime groups is 1. The molecule has 92 valence electrons. The molecular weight excluding hydrogens is 224 g/mol. The third kappa shape index (κ3) is 2.40. The van der Waals surface area contributed by atoms with Gasteiger partial charge in [-0.05, 0) is 30.4 Å². The number of rotatable bonds is 3. The molecular formula is C15H16N2O. The largest absolute Gasteiger partial charge is 0.411 e. The third-order valence-corrected chi connectivity index (χ3v) is 2.98. The van der Waals surface area contributed by atoms with Crippen LogP contribution in [-0.2, 0) is 0 Å². The molecule has 0 amide bonds. The van der Waals surface area contributed by atoms with Crippen LogP contribution in [0.15, 0.2) is 47.4 Å². The normalized spacial score (nSPS) is 13.0. The van der Waals surface area contributed by atoms with E-state index in [9.17, 15) is 0 Å². The van der Waals surface area contributed by atoms with Crippen LogP contribution in [0.2, 0.25) is 0 Å². The van der Waals surface area contributed by atoms with Gasteiger partial charge in [0.2, 0.25) is 0 Å². The molecule has 0 bridgehead atoms. The first-order valence-corrected chi connectivity index (χ1v) is 5.98. The Morgan fingerprint density at radius 1 is 1.33 bits per heavy atom. The molecule has 0 aliphatic carbocycles. The fraction of sp³-hybridized carbons (Fsp3) is 0.200. The van der Waals surface area contributed by atoms with Crippen molar-refractivity contribution in [2.45, 2.75) is 20.3 Å². The van der Waals surface area contributed by atoms with Crippen LogP contribution in [0.25, 0.3) is 16.8 Å². The Balaban J connectivity index is 2.52. The standard InChI is InChI=1S/C15H16N2O/c1-3-15(17-18)11(2)8-13-10-16-9-12-6-4-5-7-14(12)13/h4-10,18H,3H2,1-2H3/b11-8+,17-15?. The van der Waals surface area contributed by atoms with Gasteiger partial charge in [-0.15, -0.1) is 0 Å². The summed E-state index contributed by atoms with van der Waals surface area (Å²) in [5.74, 6) is 0. The van der Waals surface area contributed by atoms with Gasteiger partial charge in [0.25, 0.3) is 0 Å². The Hall–Kier alpha value is -2.16. The molecule has 0 aliphatic heterocycles. The number of nitrogens with zero attached hydrogens (tertiary/aromatic N) is 2. The Morgan fingerprint density at radius 3 is 2.83 bits per heavy atom. The SMILES string of the molecule is CCC(=NO)/C(C)=C/c1cncc2ccccc12. The van der Waals surface area contributed by atoms with Gasteiger partial charge in [0.1, 0.15) is 0 Å². The number of benzene rings is 1. The van der Waals surface area contributed by atoms with Crippen molar-refractivity contribution in [3.8, 4) is 0 Å². The lowest BCUT2D eigenvalue weighted by Crippen LogP contribution is -1.97. The van der Waals surface area contributed by atoms with Crippen LogP contribution in [0.1, 0.15) is 25.8 Å². The second kappa shape index (κ2) is 5.45. The van der Waals surface area contributed by atoms with Crippen molar-refractivity contribution in [2.75, 3.05) is 0 Å². The molecule has 0 fully saturated rings. The van der Waals surface area contributed by atoms with Crippen LogP contribution in [0.5, 0.6) is 0 Å². The maximum Gasteiger partial charge on any atom is 0.0822 e. The van der Waals surface area contributed by atoms with Crippen LogP contribution in [-0.4, -0.2) is 15.9 Å². The Labute approximate surface area is 106 Å². The third-order valence-electron chi connectivity index (χ3n) is 2.98. The summed E-state index contributed by atoms with van der Waals surface area (Å²) in [7, 11) is 0. The van der Waals surface area contributed by atoms with E-state index in [2.05, 4.69) is 16.2 Å². The highest BCUT2D eigenvalue weighted by Crippen LogP contribution is 2.20. The number of pyridine rings is 1. The number of aromatic nitrogens is 1. The highest BCUT2D eigenvalue weighted by molar-refractivity contribution is 6.04. The van der Waals surface area contributed by atoms with Crippen molar-refractivity contribution in [3.05, 3.63) is 47.8 Å². The first-order valence-electron chi connectivity index (χ1n) is 5.98. The van der Waals surface area contributed by atoms with Gasteiger partial charge in [-0.2, -0.15) is 0 Å². The van der Waals surface area contributed by atoms with Crippen LogP contribution >= 0.6 is 0 Å². The van der Waals surface area contributed by atoms with Gasteiger partial charge >= 0.3 is 0 Å². The minimum atomic E-state index is 0.697. The lowest BCUT2D eigenvalue weighted by atomic mass is 10.0. The van der Waals surface area contributed by atoms with E-state index in [1.54, 1.807) is 0 Å². The zero-order valence-electron chi connectivity index (χ0n) is 10.6. The topological polar surface area (TPSA) is 45.5 Å². The Morgan fingerprint density at radius 2 is 2.11 bits per heavy atom. The van der Waals surface area contributed by atoms with Gasteiger partial charge in [0.05, 0.1) is 5.71 Å². The molecule has 2 aromatic rings. The van der Waals surface area contributed by atoms with Gasteiger partial charge in [0, 0.05) is 23.3 Å². The van der Waals surface area contributed by atoms with E-state index in [1.807, 2.05) is 50.5 Å².